The highest BCUT2D eigenvalue weighted by atomic mass is 28.2. The van der Waals surface area contributed by atoms with Gasteiger partial charge >= 0.3 is 0 Å². The molecule has 0 aromatic rings. The Hall–Kier alpha value is 0.354. The lowest BCUT2D eigenvalue weighted by atomic mass is 10.3. The summed E-state index contributed by atoms with van der Waals surface area (Å²) in [6, 6.07) is 6.56. The molecule has 0 aliphatic carbocycles. The van der Waals surface area contributed by atoms with E-state index >= 15 is 0 Å². The van der Waals surface area contributed by atoms with Gasteiger partial charge in [0.25, 0.3) is 0 Å². The summed E-state index contributed by atoms with van der Waals surface area (Å²) in [5, 5.41) is 0. The van der Waals surface area contributed by atoms with Crippen molar-refractivity contribution in [1.29, 1.82) is 0 Å². The van der Waals surface area contributed by atoms with Gasteiger partial charge in [0.2, 0.25) is 0 Å². The Morgan fingerprint density at radius 3 is 0.786 bits per heavy atom. The molecule has 0 bridgehead atoms. The third kappa shape index (κ3) is 10.4. The first-order chi connectivity index (χ1) is 6.00. The maximum Gasteiger partial charge on any atom is 0.0197 e. The monoisotopic (exact) mass is 236 g/mol. The predicted octanol–water partition coefficient (Wildman–Crippen LogP) is 0.702. The van der Waals surface area contributed by atoms with E-state index in [-0.39, 0.29) is 11.0 Å². The van der Waals surface area contributed by atoms with Gasteiger partial charge < -0.3 is 11.0 Å². The van der Waals surface area contributed by atoms with Crippen LogP contribution in [0, 0.1) is 0 Å². The summed E-state index contributed by atoms with van der Waals surface area (Å²) in [6.45, 7) is 0. The van der Waals surface area contributed by atoms with Crippen molar-refractivity contribution in [3.05, 3.63) is 0 Å². The maximum absolute atomic E-state index is 1.64. The van der Waals surface area contributed by atoms with E-state index in [1.165, 1.54) is 12.8 Å². The second-order valence-corrected chi connectivity index (χ2v) is 8.49. The Balaban J connectivity index is 0. The van der Waals surface area contributed by atoms with E-state index in [0.717, 1.165) is 0 Å². The predicted molar refractivity (Wildman–Crippen MR) is 71.2 cm³/mol. The minimum absolute atomic E-state index is 0. The fraction of sp³-hybridized carbons (Fsp3) is 1.00. The maximum atomic E-state index is 1.64. The van der Waals surface area contributed by atoms with Gasteiger partial charge in [-0.2, -0.15) is 0 Å². The van der Waals surface area contributed by atoms with Crippen LogP contribution in [0.2, 0.25) is 24.2 Å². The van der Waals surface area contributed by atoms with E-state index in [2.05, 4.69) is 0 Å². The van der Waals surface area contributed by atoms with E-state index in [0.29, 0.717) is 19.0 Å². The zero-order valence-electron chi connectivity index (χ0n) is 9.49. The molecular weight excluding hydrogens is 208 g/mol. The Kier molecular flexibility index (Phi) is 16.0. The molecule has 0 unspecified atom stereocenters. The molecule has 4 heteroatoms. The highest BCUT2D eigenvalue weighted by molar-refractivity contribution is 6.35. The molecule has 14 heavy (non-hydrogen) atoms. The molecule has 88 valence electrons. The van der Waals surface area contributed by atoms with Gasteiger partial charge in [-0.3, -0.25) is 0 Å². The summed E-state index contributed by atoms with van der Waals surface area (Å²) >= 11 is 0. The molecule has 0 saturated carbocycles. The second-order valence-electron chi connectivity index (χ2n) is 4.24. The SMILES string of the molecule is C1CC[SiH2]CC1.C1CC[SiH2]CC1.O.O. The van der Waals surface area contributed by atoms with Gasteiger partial charge in [0.05, 0.1) is 0 Å². The van der Waals surface area contributed by atoms with Crippen molar-refractivity contribution < 1.29 is 11.0 Å². The molecule has 0 atom stereocenters. The van der Waals surface area contributed by atoms with E-state index < -0.39 is 0 Å². The van der Waals surface area contributed by atoms with Crippen LogP contribution in [-0.4, -0.2) is 30.0 Å². The average Bonchev–Trinajstić information content (AvgIpc) is 2.24. The van der Waals surface area contributed by atoms with Gasteiger partial charge in [0, 0.05) is 19.0 Å². The van der Waals surface area contributed by atoms with Gasteiger partial charge in [-0.25, -0.2) is 0 Å². The quantitative estimate of drug-likeness (QED) is 0.556. The zero-order chi connectivity index (χ0) is 8.49. The first-order valence-corrected chi connectivity index (χ1v) is 10.00. The van der Waals surface area contributed by atoms with Crippen LogP contribution in [0.4, 0.5) is 0 Å². The van der Waals surface area contributed by atoms with Gasteiger partial charge in [-0.1, -0.05) is 62.7 Å². The highest BCUT2D eigenvalue weighted by Gasteiger charge is 1.96. The molecule has 2 heterocycles. The van der Waals surface area contributed by atoms with Crippen LogP contribution in [0.25, 0.3) is 0 Å². The summed E-state index contributed by atoms with van der Waals surface area (Å²) in [4.78, 5) is 0. The highest BCUT2D eigenvalue weighted by Crippen LogP contribution is 2.11. The van der Waals surface area contributed by atoms with Gasteiger partial charge in [0.1, 0.15) is 0 Å². The zero-order valence-corrected chi connectivity index (χ0v) is 12.3. The largest absolute Gasteiger partial charge is 0.412 e. The van der Waals surface area contributed by atoms with Crippen LogP contribution in [0.15, 0.2) is 0 Å². The number of hydrogen-bond acceptors (Lipinski definition) is 0. The molecular formula is C10H28O2Si2. The first-order valence-electron chi connectivity index (χ1n) is 6.00. The summed E-state index contributed by atoms with van der Waals surface area (Å²) in [7, 11) is 1.02. The van der Waals surface area contributed by atoms with Crippen LogP contribution in [-0.2, 0) is 0 Å². The Morgan fingerprint density at radius 1 is 0.429 bits per heavy atom. The molecule has 2 rings (SSSR count). The van der Waals surface area contributed by atoms with Gasteiger partial charge in [0.15, 0.2) is 0 Å². The third-order valence-corrected chi connectivity index (χ3v) is 7.00. The molecule has 0 aromatic carbocycles. The fourth-order valence-corrected chi connectivity index (χ4v) is 5.66. The van der Waals surface area contributed by atoms with E-state index in [4.69, 9.17) is 0 Å². The van der Waals surface area contributed by atoms with Crippen molar-refractivity contribution in [1.82, 2.24) is 0 Å². The molecule has 2 fully saturated rings. The van der Waals surface area contributed by atoms with Crippen molar-refractivity contribution >= 4 is 19.0 Å². The Morgan fingerprint density at radius 2 is 0.714 bits per heavy atom. The smallest absolute Gasteiger partial charge is 0.0197 e. The minimum Gasteiger partial charge on any atom is -0.412 e. The first kappa shape index (κ1) is 16.8. The Labute approximate surface area is 93.1 Å². The number of rotatable bonds is 0. The van der Waals surface area contributed by atoms with Crippen molar-refractivity contribution in [3.63, 3.8) is 0 Å². The lowest BCUT2D eigenvalue weighted by Gasteiger charge is -2.04. The van der Waals surface area contributed by atoms with Crippen molar-refractivity contribution in [2.45, 2.75) is 62.7 Å². The topological polar surface area (TPSA) is 63.0 Å². The molecule has 2 nitrogen and oxygen atoms in total. The van der Waals surface area contributed by atoms with Gasteiger partial charge in [-0.15, -0.1) is 0 Å². The van der Waals surface area contributed by atoms with E-state index in [9.17, 15) is 0 Å². The second kappa shape index (κ2) is 13.4. The van der Waals surface area contributed by atoms with Crippen LogP contribution in [0.3, 0.4) is 0 Å². The van der Waals surface area contributed by atoms with E-state index in [1.807, 2.05) is 0 Å². The third-order valence-electron chi connectivity index (χ3n) is 3.00. The fourth-order valence-electron chi connectivity index (χ4n) is 2.12. The molecule has 2 aliphatic rings. The lowest BCUT2D eigenvalue weighted by molar-refractivity contribution is 0.734. The summed E-state index contributed by atoms with van der Waals surface area (Å²) in [5.41, 5.74) is 0. The lowest BCUT2D eigenvalue weighted by Crippen LogP contribution is -1.94. The molecule has 0 amide bonds. The van der Waals surface area contributed by atoms with Crippen molar-refractivity contribution in [2.75, 3.05) is 0 Å². The van der Waals surface area contributed by atoms with Crippen LogP contribution in [0.5, 0.6) is 0 Å². The minimum atomic E-state index is 0. The normalized spacial score (nSPS) is 20.6. The summed E-state index contributed by atoms with van der Waals surface area (Å²) in [6.07, 6.45) is 9.32. The average molecular weight is 237 g/mol. The van der Waals surface area contributed by atoms with Crippen molar-refractivity contribution in [2.24, 2.45) is 0 Å². The molecule has 0 spiro atoms. The van der Waals surface area contributed by atoms with Gasteiger partial charge in [-0.05, 0) is 0 Å². The summed E-state index contributed by atoms with van der Waals surface area (Å²) < 4.78 is 0. The molecule has 2 saturated heterocycles. The van der Waals surface area contributed by atoms with Crippen molar-refractivity contribution in [3.8, 4) is 0 Å². The molecule has 2 aliphatic heterocycles. The Bertz CT molecular complexity index is 59.1. The van der Waals surface area contributed by atoms with Crippen LogP contribution >= 0.6 is 0 Å². The van der Waals surface area contributed by atoms with E-state index in [1.54, 1.807) is 49.9 Å². The number of hydrogen-bond donors (Lipinski definition) is 0. The summed E-state index contributed by atoms with van der Waals surface area (Å²) in [5.74, 6) is 0. The standard InChI is InChI=1S/2C5H12Si.2H2O/c2*1-2-4-6-5-3-1;;/h2*1-6H2;2*1H2. The van der Waals surface area contributed by atoms with Crippen LogP contribution in [0.1, 0.15) is 38.5 Å². The molecule has 0 radical (unpaired) electrons. The molecule has 0 aromatic heterocycles. The molecule has 4 N–H and O–H groups in total. The van der Waals surface area contributed by atoms with Crippen LogP contribution < -0.4 is 0 Å².